The molecule has 3 N–H and O–H groups in total. The molecule has 0 spiro atoms. The van der Waals surface area contributed by atoms with Crippen LogP contribution in [-0.4, -0.2) is 93.4 Å². The number of imidazole rings is 2. The highest BCUT2D eigenvalue weighted by Crippen LogP contribution is 2.34. The van der Waals surface area contributed by atoms with Crippen LogP contribution in [0.1, 0.15) is 88.2 Å². The Morgan fingerprint density at radius 3 is 2.22 bits per heavy atom. The van der Waals surface area contributed by atoms with Crippen molar-refractivity contribution in [2.75, 3.05) is 27.3 Å². The molecule has 14 nitrogen and oxygen atoms in total. The van der Waals surface area contributed by atoms with Gasteiger partial charge in [-0.15, -0.1) is 0 Å². The fourth-order valence-electron chi connectivity index (χ4n) is 7.50. The predicted octanol–water partition coefficient (Wildman–Crippen LogP) is 6.08. The zero-order valence-corrected chi connectivity index (χ0v) is 32.0. The highest BCUT2D eigenvalue weighted by atomic mass is 17.2. The molecule has 288 valence electrons. The molecule has 2 saturated heterocycles. The lowest BCUT2D eigenvalue weighted by Crippen LogP contribution is -2.51. The van der Waals surface area contributed by atoms with E-state index in [0.29, 0.717) is 13.1 Å². The van der Waals surface area contributed by atoms with E-state index >= 15 is 0 Å². The van der Waals surface area contributed by atoms with Gasteiger partial charge in [0.05, 0.1) is 43.0 Å². The maximum Gasteiger partial charge on any atom is 0.407 e. The second kappa shape index (κ2) is 17.3. The molecule has 0 unspecified atom stereocenters. The number of likely N-dealkylation sites (tertiary alicyclic amines) is 2. The molecule has 2 aliphatic rings. The molecule has 4 aromatic rings. The molecule has 4 heterocycles. The summed E-state index contributed by atoms with van der Waals surface area (Å²) in [5.74, 6) is 1.28. The van der Waals surface area contributed by atoms with E-state index in [1.54, 1.807) is 0 Å². The Morgan fingerprint density at radius 1 is 0.889 bits per heavy atom. The van der Waals surface area contributed by atoms with E-state index in [0.717, 1.165) is 72.5 Å². The largest absolute Gasteiger partial charge is 0.453 e. The number of amides is 3. The SMILES string of the molecule is COO/C=N\[C@H](C(=O)N1CCC[C@H]1c1nc(-c2ccc(CCc3ccc4[nH]c([C@@H]5CCCN5C(=O)[C@@H](NC(=O)OC)C(C)C)nc4c3)cc2)c[nH]1)C(C)C. The van der Waals surface area contributed by atoms with Gasteiger partial charge in [-0.1, -0.05) is 58.0 Å². The third-order valence-electron chi connectivity index (χ3n) is 10.5. The van der Waals surface area contributed by atoms with E-state index in [1.165, 1.54) is 31.7 Å². The third kappa shape index (κ3) is 8.59. The van der Waals surface area contributed by atoms with Gasteiger partial charge in [-0.25, -0.2) is 19.8 Å². The summed E-state index contributed by atoms with van der Waals surface area (Å²) >= 11 is 0. The Hall–Kier alpha value is -5.24. The number of carbonyl (C=O) groups is 3. The van der Waals surface area contributed by atoms with Gasteiger partial charge in [0.1, 0.15) is 23.7 Å². The number of hydrogen-bond acceptors (Lipinski definition) is 9. The van der Waals surface area contributed by atoms with E-state index in [4.69, 9.17) is 19.6 Å². The number of rotatable bonds is 14. The molecule has 0 bridgehead atoms. The summed E-state index contributed by atoms with van der Waals surface area (Å²) in [7, 11) is 2.69. The van der Waals surface area contributed by atoms with Crippen LogP contribution >= 0.6 is 0 Å². The lowest BCUT2D eigenvalue weighted by atomic mass is 10.0. The monoisotopic (exact) mass is 740 g/mol. The number of H-pyrrole nitrogens is 2. The smallest absolute Gasteiger partial charge is 0.407 e. The fraction of sp³-hybridized carbons (Fsp3) is 0.500. The molecule has 3 amide bonds. The molecule has 6 rings (SSSR count). The first-order valence-electron chi connectivity index (χ1n) is 18.9. The lowest BCUT2D eigenvalue weighted by Gasteiger charge is -2.29. The number of aryl methyl sites for hydroxylation is 2. The number of aromatic amines is 2. The van der Waals surface area contributed by atoms with E-state index in [2.05, 4.69) is 67.6 Å². The van der Waals surface area contributed by atoms with Crippen LogP contribution < -0.4 is 5.32 Å². The van der Waals surface area contributed by atoms with Crippen molar-refractivity contribution >= 4 is 35.3 Å². The average Bonchev–Trinajstić information content (AvgIpc) is 4.00. The topological polar surface area (TPSA) is 167 Å². The Kier molecular flexibility index (Phi) is 12.3. The van der Waals surface area contributed by atoms with E-state index in [-0.39, 0.29) is 35.7 Å². The number of fused-ring (bicyclic) bond motifs is 1. The van der Waals surface area contributed by atoms with Crippen LogP contribution in [0.15, 0.2) is 53.7 Å². The molecule has 2 aromatic heterocycles. The summed E-state index contributed by atoms with van der Waals surface area (Å²) in [6.07, 6.45) is 7.58. The lowest BCUT2D eigenvalue weighted by molar-refractivity contribution is -0.188. The number of nitrogens with zero attached hydrogens (tertiary/aromatic N) is 5. The molecular weight excluding hydrogens is 688 g/mol. The van der Waals surface area contributed by atoms with E-state index in [1.807, 2.05) is 43.7 Å². The van der Waals surface area contributed by atoms with Gasteiger partial charge in [-0.05, 0) is 73.6 Å². The fourth-order valence-corrected chi connectivity index (χ4v) is 7.50. The molecule has 0 aliphatic carbocycles. The van der Waals surface area contributed by atoms with Crippen LogP contribution in [-0.2, 0) is 36.9 Å². The van der Waals surface area contributed by atoms with Gasteiger partial charge in [-0.3, -0.25) is 9.59 Å². The Balaban J connectivity index is 1.07. The second-order valence-electron chi connectivity index (χ2n) is 14.8. The maximum absolute atomic E-state index is 13.6. The van der Waals surface area contributed by atoms with Crippen molar-refractivity contribution in [3.05, 3.63) is 71.4 Å². The van der Waals surface area contributed by atoms with Crippen LogP contribution in [0.25, 0.3) is 22.3 Å². The number of carbonyl (C=O) groups excluding carboxylic acids is 3. The number of nitrogens with one attached hydrogen (secondary N) is 3. The molecule has 0 saturated carbocycles. The molecule has 0 radical (unpaired) electrons. The van der Waals surface area contributed by atoms with Crippen LogP contribution in [0, 0.1) is 11.8 Å². The third-order valence-corrected chi connectivity index (χ3v) is 10.5. The van der Waals surface area contributed by atoms with Crippen molar-refractivity contribution in [2.24, 2.45) is 16.8 Å². The van der Waals surface area contributed by atoms with Crippen LogP contribution in [0.5, 0.6) is 0 Å². The Labute approximate surface area is 316 Å². The van der Waals surface area contributed by atoms with Crippen LogP contribution in [0.2, 0.25) is 0 Å². The average molecular weight is 741 g/mol. The van der Waals surface area contributed by atoms with Gasteiger partial charge >= 0.3 is 6.09 Å². The van der Waals surface area contributed by atoms with Gasteiger partial charge in [0.25, 0.3) is 0 Å². The first-order chi connectivity index (χ1) is 26.1. The van der Waals surface area contributed by atoms with Gasteiger partial charge in [0.15, 0.2) is 0 Å². The number of alkyl carbamates (subject to hydrolysis) is 1. The molecule has 2 aromatic carbocycles. The molecule has 2 aliphatic heterocycles. The van der Waals surface area contributed by atoms with Gasteiger partial charge in [-0.2, -0.15) is 4.89 Å². The van der Waals surface area contributed by atoms with Crippen molar-refractivity contribution in [2.45, 2.75) is 90.4 Å². The van der Waals surface area contributed by atoms with E-state index < -0.39 is 18.2 Å². The van der Waals surface area contributed by atoms with Crippen molar-refractivity contribution in [1.29, 1.82) is 0 Å². The summed E-state index contributed by atoms with van der Waals surface area (Å²) in [5, 5.41) is 2.71. The van der Waals surface area contributed by atoms with Gasteiger partial charge in [0, 0.05) is 24.8 Å². The molecule has 4 atom stereocenters. The highest BCUT2D eigenvalue weighted by Gasteiger charge is 2.38. The zero-order chi connectivity index (χ0) is 38.4. The first kappa shape index (κ1) is 38.5. The van der Waals surface area contributed by atoms with Crippen LogP contribution in [0.4, 0.5) is 4.79 Å². The molecule has 2 fully saturated rings. The zero-order valence-electron chi connectivity index (χ0n) is 32.0. The second-order valence-corrected chi connectivity index (χ2v) is 14.8. The van der Waals surface area contributed by atoms with Crippen molar-refractivity contribution in [3.63, 3.8) is 0 Å². The highest BCUT2D eigenvalue weighted by molar-refractivity contribution is 5.87. The molecular formula is C40H52N8O6. The number of ether oxygens (including phenoxy) is 1. The van der Waals surface area contributed by atoms with Gasteiger partial charge < -0.3 is 34.7 Å². The minimum absolute atomic E-state index is 0.00308. The first-order valence-corrected chi connectivity index (χ1v) is 18.9. The quantitative estimate of drug-likeness (QED) is 0.0606. The van der Waals surface area contributed by atoms with Crippen molar-refractivity contribution in [3.8, 4) is 11.3 Å². The van der Waals surface area contributed by atoms with Crippen LogP contribution in [0.3, 0.4) is 0 Å². The number of aliphatic imine (C=N–C) groups is 1. The minimum Gasteiger partial charge on any atom is -0.453 e. The minimum atomic E-state index is -0.674. The number of hydrogen-bond donors (Lipinski definition) is 3. The summed E-state index contributed by atoms with van der Waals surface area (Å²) in [5.41, 5.74) is 6.03. The summed E-state index contributed by atoms with van der Waals surface area (Å²) in [4.78, 5) is 73.1. The molecule has 54 heavy (non-hydrogen) atoms. The number of benzene rings is 2. The Bertz CT molecular complexity index is 1940. The number of methoxy groups -OCH3 is 1. The van der Waals surface area contributed by atoms with Crippen molar-refractivity contribution < 1.29 is 28.9 Å². The Morgan fingerprint density at radius 2 is 1.56 bits per heavy atom. The standard InChI is InChI=1S/C40H52N8O6/c1-24(2)34(42-23-54-53-6)38(49)47-19-7-9-32(47)36-41-22-31(45-36)28-16-13-26(14-17-28)11-12-27-15-18-29-30(21-27)44-37(43-29)33-10-8-20-48(33)39(50)35(25(3)4)46-40(51)52-5/h13-18,21-25,32-35H,7-12,19-20H2,1-6H3,(H,41,45)(H,43,44)(H,46,51)/b42-23-/t32-,33-,34-,35-/m0/s1. The number of aromatic nitrogens is 4. The van der Waals surface area contributed by atoms with Gasteiger partial charge in [0.2, 0.25) is 18.2 Å². The maximum atomic E-state index is 13.6. The van der Waals surface area contributed by atoms with E-state index in [9.17, 15) is 14.4 Å². The summed E-state index contributed by atoms with van der Waals surface area (Å²) in [6.45, 7) is 9.02. The summed E-state index contributed by atoms with van der Waals surface area (Å²) < 4.78 is 4.76. The molecule has 14 heteroatoms. The summed E-state index contributed by atoms with van der Waals surface area (Å²) in [6, 6.07) is 13.2. The van der Waals surface area contributed by atoms with Crippen molar-refractivity contribution in [1.82, 2.24) is 35.1 Å². The normalized spacial score (nSPS) is 18.6. The predicted molar refractivity (Wildman–Crippen MR) is 204 cm³/mol.